The van der Waals surface area contributed by atoms with E-state index >= 15 is 0 Å². The first kappa shape index (κ1) is 41.9. The Morgan fingerprint density at radius 2 is 1.57 bits per heavy atom. The van der Waals surface area contributed by atoms with Gasteiger partial charge in [-0.3, -0.25) is 5.32 Å². The van der Waals surface area contributed by atoms with E-state index in [4.69, 9.17) is 18.6 Å². The third kappa shape index (κ3) is 12.7. The molecule has 1 saturated heterocycles. The number of amides is 1. The van der Waals surface area contributed by atoms with Crippen LogP contribution in [0.1, 0.15) is 110 Å². The first-order valence-electron chi connectivity index (χ1n) is 20.5. The summed E-state index contributed by atoms with van der Waals surface area (Å²) in [7, 11) is -1.98. The molecule has 1 amide bonds. The summed E-state index contributed by atoms with van der Waals surface area (Å²) in [5.41, 5.74) is 5.12. The molecule has 0 aromatic heterocycles. The van der Waals surface area contributed by atoms with E-state index in [1.165, 1.54) is 50.5 Å². The molecule has 296 valence electrons. The number of fused-ring (bicyclic) bond motifs is 1. The molecular formula is C45H67N3O5Si. The summed E-state index contributed by atoms with van der Waals surface area (Å²) in [4.78, 5) is 15.3. The SMILES string of the molecule is CC1(C)OCc2cc(C(CNCCCCCCCCCN3CCC(OC(=O)Nc4ccccc4-c4ccccc4)CC3)O[Si](C)(C)C(C)(C)C)ccc2O1. The number of hydrogen-bond donors (Lipinski definition) is 2. The average molecular weight is 758 g/mol. The highest BCUT2D eigenvalue weighted by Crippen LogP contribution is 2.41. The number of hydrogen-bond acceptors (Lipinski definition) is 7. The largest absolute Gasteiger partial charge is 0.463 e. The van der Waals surface area contributed by atoms with E-state index in [1.807, 2.05) is 56.3 Å². The second-order valence-corrected chi connectivity index (χ2v) is 21.9. The summed E-state index contributed by atoms with van der Waals surface area (Å²) >= 11 is 0. The van der Waals surface area contributed by atoms with Crippen LogP contribution in [0.2, 0.25) is 18.1 Å². The lowest BCUT2D eigenvalue weighted by atomic mass is 10.0. The molecule has 2 N–H and O–H groups in total. The number of unbranched alkanes of at least 4 members (excludes halogenated alkanes) is 6. The van der Waals surface area contributed by atoms with Crippen LogP contribution in [-0.2, 0) is 20.5 Å². The molecule has 0 radical (unpaired) electrons. The van der Waals surface area contributed by atoms with Crippen LogP contribution in [0.4, 0.5) is 10.5 Å². The van der Waals surface area contributed by atoms with Gasteiger partial charge in [0.05, 0.1) is 18.4 Å². The molecule has 54 heavy (non-hydrogen) atoms. The maximum atomic E-state index is 12.8. The van der Waals surface area contributed by atoms with E-state index in [-0.39, 0.29) is 23.3 Å². The number of rotatable bonds is 18. The fourth-order valence-corrected chi connectivity index (χ4v) is 8.31. The molecule has 9 heteroatoms. The van der Waals surface area contributed by atoms with Gasteiger partial charge in [0, 0.05) is 44.6 Å². The zero-order valence-electron chi connectivity index (χ0n) is 34.2. The van der Waals surface area contributed by atoms with Gasteiger partial charge in [-0.05, 0) is 86.2 Å². The molecular weight excluding hydrogens is 691 g/mol. The first-order chi connectivity index (χ1) is 25.8. The monoisotopic (exact) mass is 757 g/mol. The number of nitrogens with zero attached hydrogens (tertiary/aromatic N) is 1. The molecule has 0 spiro atoms. The van der Waals surface area contributed by atoms with Gasteiger partial charge in [-0.15, -0.1) is 0 Å². The minimum Gasteiger partial charge on any atom is -0.463 e. The Balaban J connectivity index is 0.922. The minimum absolute atomic E-state index is 0.00252. The van der Waals surface area contributed by atoms with Crippen LogP contribution in [0, 0.1) is 0 Å². The topological polar surface area (TPSA) is 81.3 Å². The zero-order valence-corrected chi connectivity index (χ0v) is 35.2. The molecule has 5 rings (SSSR count). The Morgan fingerprint density at radius 1 is 0.907 bits per heavy atom. The number of carbonyl (C=O) groups is 1. The highest BCUT2D eigenvalue weighted by Gasteiger charge is 2.39. The number of ether oxygens (including phenoxy) is 3. The smallest absolute Gasteiger partial charge is 0.411 e. The standard InChI is InChI=1S/C45H67N3O5Si/c1-44(2,3)54(6,7)53-42(36-24-25-41-37(32-36)34-50-45(4,5)52-41)33-46-28-18-11-9-8-10-12-19-29-48-30-26-38(27-31-48)51-43(49)47-40-23-17-16-22-39(40)35-20-14-13-15-21-35/h13-17,20-25,32,38,42,46H,8-12,18-19,26-31,33-34H2,1-7H3,(H,47,49). The zero-order chi connectivity index (χ0) is 38.6. The normalized spacial score (nSPS) is 17.0. The van der Waals surface area contributed by atoms with Crippen LogP contribution in [0.15, 0.2) is 72.8 Å². The molecule has 8 nitrogen and oxygen atoms in total. The van der Waals surface area contributed by atoms with Crippen LogP contribution in [0.5, 0.6) is 5.75 Å². The quantitative estimate of drug-likeness (QED) is 0.0987. The van der Waals surface area contributed by atoms with Crippen molar-refractivity contribution < 1.29 is 23.4 Å². The minimum atomic E-state index is -1.98. The highest BCUT2D eigenvalue weighted by atomic mass is 28.4. The average Bonchev–Trinajstić information content (AvgIpc) is 3.13. The van der Waals surface area contributed by atoms with E-state index in [1.54, 1.807) is 0 Å². The highest BCUT2D eigenvalue weighted by molar-refractivity contribution is 6.74. The van der Waals surface area contributed by atoms with Gasteiger partial charge >= 0.3 is 6.09 Å². The number of anilines is 1. The summed E-state index contributed by atoms with van der Waals surface area (Å²) in [5.74, 6) is 0.312. The van der Waals surface area contributed by atoms with Crippen molar-refractivity contribution in [3.8, 4) is 16.9 Å². The lowest BCUT2D eigenvalue weighted by Crippen LogP contribution is -2.43. The van der Waals surface area contributed by atoms with Crippen molar-refractivity contribution in [3.63, 3.8) is 0 Å². The third-order valence-corrected chi connectivity index (χ3v) is 15.8. The molecule has 2 aliphatic rings. The van der Waals surface area contributed by atoms with E-state index in [0.29, 0.717) is 6.61 Å². The lowest BCUT2D eigenvalue weighted by Gasteiger charge is -2.40. The van der Waals surface area contributed by atoms with Crippen LogP contribution >= 0.6 is 0 Å². The lowest BCUT2D eigenvalue weighted by molar-refractivity contribution is -0.180. The predicted molar refractivity (Wildman–Crippen MR) is 224 cm³/mol. The number of benzene rings is 3. The van der Waals surface area contributed by atoms with Gasteiger partial charge in [0.1, 0.15) is 11.9 Å². The fourth-order valence-electron chi connectivity index (χ4n) is 7.02. The molecule has 3 aromatic carbocycles. The van der Waals surface area contributed by atoms with Gasteiger partial charge in [0.25, 0.3) is 0 Å². The number of likely N-dealkylation sites (tertiary alicyclic amines) is 1. The van der Waals surface area contributed by atoms with Gasteiger partial charge in [-0.1, -0.05) is 107 Å². The van der Waals surface area contributed by atoms with E-state index in [0.717, 1.165) is 73.7 Å². The van der Waals surface area contributed by atoms with Crippen molar-refractivity contribution in [2.75, 3.05) is 38.0 Å². The van der Waals surface area contributed by atoms with Gasteiger partial charge < -0.3 is 28.9 Å². The first-order valence-corrected chi connectivity index (χ1v) is 23.4. The summed E-state index contributed by atoms with van der Waals surface area (Å²) in [6, 6.07) is 24.5. The Kier molecular flexibility index (Phi) is 15.2. The van der Waals surface area contributed by atoms with Gasteiger partial charge in [0.15, 0.2) is 8.32 Å². The maximum absolute atomic E-state index is 12.8. The molecule has 2 heterocycles. The molecule has 3 aromatic rings. The fraction of sp³-hybridized carbons (Fsp3) is 0.578. The molecule has 1 unspecified atom stereocenters. The van der Waals surface area contributed by atoms with Gasteiger partial charge in [-0.2, -0.15) is 0 Å². The summed E-state index contributed by atoms with van der Waals surface area (Å²) in [5, 5.41) is 6.85. The Bertz CT molecular complexity index is 1600. The van der Waals surface area contributed by atoms with Crippen molar-refractivity contribution in [1.82, 2.24) is 10.2 Å². The Hall–Kier alpha value is -3.21. The van der Waals surface area contributed by atoms with E-state index in [2.05, 4.69) is 79.7 Å². The van der Waals surface area contributed by atoms with Crippen molar-refractivity contribution in [2.24, 2.45) is 0 Å². The molecule has 0 bridgehead atoms. The second kappa shape index (κ2) is 19.6. The maximum Gasteiger partial charge on any atom is 0.411 e. The van der Waals surface area contributed by atoms with E-state index < -0.39 is 14.1 Å². The van der Waals surface area contributed by atoms with Crippen LogP contribution < -0.4 is 15.4 Å². The van der Waals surface area contributed by atoms with Crippen molar-refractivity contribution in [1.29, 1.82) is 0 Å². The number of piperidine rings is 1. The van der Waals surface area contributed by atoms with Crippen molar-refractivity contribution >= 4 is 20.1 Å². The Labute approximate surface area is 326 Å². The number of nitrogens with one attached hydrogen (secondary N) is 2. The predicted octanol–water partition coefficient (Wildman–Crippen LogP) is 11.1. The molecule has 1 atom stereocenters. The third-order valence-electron chi connectivity index (χ3n) is 11.3. The molecule has 1 fully saturated rings. The van der Waals surface area contributed by atoms with E-state index in [9.17, 15) is 4.79 Å². The van der Waals surface area contributed by atoms with Crippen molar-refractivity contribution in [3.05, 3.63) is 83.9 Å². The number of para-hydroxylation sites is 1. The summed E-state index contributed by atoms with van der Waals surface area (Å²) < 4.78 is 24.8. The van der Waals surface area contributed by atoms with Gasteiger partial charge in [0.2, 0.25) is 5.79 Å². The summed E-state index contributed by atoms with van der Waals surface area (Å²) in [6.07, 6.45) is 10.2. The van der Waals surface area contributed by atoms with Crippen LogP contribution in [-0.4, -0.2) is 63.9 Å². The molecule has 0 saturated carbocycles. The molecule has 0 aliphatic carbocycles. The van der Waals surface area contributed by atoms with Crippen LogP contribution in [0.3, 0.4) is 0 Å². The second-order valence-electron chi connectivity index (χ2n) is 17.2. The van der Waals surface area contributed by atoms with Crippen molar-refractivity contribution in [2.45, 2.75) is 135 Å². The van der Waals surface area contributed by atoms with Gasteiger partial charge in [-0.25, -0.2) is 4.79 Å². The summed E-state index contributed by atoms with van der Waals surface area (Å²) in [6.45, 7) is 21.0. The van der Waals surface area contributed by atoms with Crippen LogP contribution in [0.25, 0.3) is 11.1 Å². The number of carbonyl (C=O) groups excluding carboxylic acids is 1. The Morgan fingerprint density at radius 3 is 2.30 bits per heavy atom. The molecule has 2 aliphatic heterocycles.